The normalized spacial score (nSPS) is 25.4. The molecule has 1 amide bonds. The highest BCUT2D eigenvalue weighted by atomic mass is 16.2. The summed E-state index contributed by atoms with van der Waals surface area (Å²) in [7, 11) is 0. The van der Waals surface area contributed by atoms with Gasteiger partial charge in [-0.1, -0.05) is 13.8 Å². The highest BCUT2D eigenvalue weighted by molar-refractivity contribution is 5.81. The van der Waals surface area contributed by atoms with Gasteiger partial charge in [0.25, 0.3) is 0 Å². The first-order valence-electron chi connectivity index (χ1n) is 5.78. The number of piperazine rings is 1. The number of amides is 1. The zero-order valence-corrected chi connectivity index (χ0v) is 9.99. The van der Waals surface area contributed by atoms with Gasteiger partial charge >= 0.3 is 0 Å². The lowest BCUT2D eigenvalue weighted by molar-refractivity contribution is -0.128. The second-order valence-electron chi connectivity index (χ2n) is 4.70. The Kier molecular flexibility index (Phi) is 4.54. The van der Waals surface area contributed by atoms with E-state index in [1.54, 1.807) is 0 Å². The Bertz CT molecular complexity index is 218. The van der Waals surface area contributed by atoms with E-state index < -0.39 is 0 Å². The summed E-state index contributed by atoms with van der Waals surface area (Å²) in [5.74, 6) is 1.20. The van der Waals surface area contributed by atoms with E-state index in [0.717, 1.165) is 19.6 Å². The van der Waals surface area contributed by atoms with E-state index in [9.17, 15) is 4.79 Å². The summed E-state index contributed by atoms with van der Waals surface area (Å²) in [6.07, 6.45) is 0. The zero-order valence-electron chi connectivity index (χ0n) is 9.99. The fourth-order valence-corrected chi connectivity index (χ4v) is 1.94. The molecule has 1 aliphatic rings. The molecule has 1 fully saturated rings. The van der Waals surface area contributed by atoms with Crippen LogP contribution in [-0.4, -0.2) is 43.0 Å². The monoisotopic (exact) mass is 213 g/mol. The molecule has 3 N–H and O–H groups in total. The second-order valence-corrected chi connectivity index (χ2v) is 4.70. The van der Waals surface area contributed by atoms with Crippen molar-refractivity contribution >= 4 is 5.91 Å². The second kappa shape index (κ2) is 5.47. The lowest BCUT2D eigenvalue weighted by Crippen LogP contribution is -2.55. The van der Waals surface area contributed by atoms with Gasteiger partial charge in [0.05, 0.1) is 6.04 Å². The molecule has 0 saturated carbocycles. The molecule has 0 radical (unpaired) electrons. The quantitative estimate of drug-likeness (QED) is 0.693. The van der Waals surface area contributed by atoms with E-state index in [0.29, 0.717) is 18.4 Å². The number of carbonyl (C=O) groups is 1. The maximum Gasteiger partial charge on any atom is 0.237 e. The first kappa shape index (κ1) is 12.5. The Balaban J connectivity index is 2.52. The highest BCUT2D eigenvalue weighted by Crippen LogP contribution is 2.14. The third-order valence-corrected chi connectivity index (χ3v) is 3.34. The molecule has 1 rings (SSSR count). The average Bonchev–Trinajstić information content (AvgIpc) is 2.19. The molecular weight excluding hydrogens is 190 g/mol. The van der Waals surface area contributed by atoms with Crippen molar-refractivity contribution in [2.45, 2.75) is 26.8 Å². The summed E-state index contributed by atoms with van der Waals surface area (Å²) < 4.78 is 0. The molecule has 1 saturated heterocycles. The first-order valence-corrected chi connectivity index (χ1v) is 5.78. The van der Waals surface area contributed by atoms with Gasteiger partial charge < -0.3 is 11.1 Å². The predicted molar refractivity (Wildman–Crippen MR) is 61.4 cm³/mol. The molecule has 1 heterocycles. The Morgan fingerprint density at radius 2 is 2.27 bits per heavy atom. The molecule has 0 aromatic rings. The molecule has 4 nitrogen and oxygen atoms in total. The van der Waals surface area contributed by atoms with Crippen LogP contribution in [0, 0.1) is 11.8 Å². The van der Waals surface area contributed by atoms with Crippen molar-refractivity contribution in [2.75, 3.05) is 26.2 Å². The maximum absolute atomic E-state index is 11.5. The minimum Gasteiger partial charge on any atom is -0.353 e. The van der Waals surface area contributed by atoms with Crippen LogP contribution in [0.25, 0.3) is 0 Å². The minimum absolute atomic E-state index is 0.00782. The number of carbonyl (C=O) groups excluding carboxylic acids is 1. The summed E-state index contributed by atoms with van der Waals surface area (Å²) in [5, 5.41) is 2.87. The van der Waals surface area contributed by atoms with Crippen LogP contribution in [0.5, 0.6) is 0 Å². The van der Waals surface area contributed by atoms with Gasteiger partial charge in [0.15, 0.2) is 0 Å². The van der Waals surface area contributed by atoms with Gasteiger partial charge in [-0.3, -0.25) is 9.69 Å². The van der Waals surface area contributed by atoms with Gasteiger partial charge in [-0.05, 0) is 25.3 Å². The lowest BCUT2D eigenvalue weighted by Gasteiger charge is -2.36. The Morgan fingerprint density at radius 1 is 1.60 bits per heavy atom. The molecule has 4 heteroatoms. The van der Waals surface area contributed by atoms with Gasteiger partial charge in [0.1, 0.15) is 0 Å². The largest absolute Gasteiger partial charge is 0.353 e. The third kappa shape index (κ3) is 3.18. The number of rotatable bonds is 4. The molecule has 0 spiro atoms. The van der Waals surface area contributed by atoms with Gasteiger partial charge in [-0.25, -0.2) is 0 Å². The Morgan fingerprint density at radius 3 is 2.80 bits per heavy atom. The molecule has 88 valence electrons. The fraction of sp³-hybridized carbons (Fsp3) is 0.909. The van der Waals surface area contributed by atoms with Crippen molar-refractivity contribution in [3.05, 3.63) is 0 Å². The molecule has 0 bridgehead atoms. The molecule has 0 aromatic heterocycles. The minimum atomic E-state index is -0.00782. The van der Waals surface area contributed by atoms with Gasteiger partial charge in [0.2, 0.25) is 5.91 Å². The van der Waals surface area contributed by atoms with Crippen molar-refractivity contribution in [3.63, 3.8) is 0 Å². The van der Waals surface area contributed by atoms with Crippen molar-refractivity contribution in [2.24, 2.45) is 17.6 Å². The van der Waals surface area contributed by atoms with E-state index >= 15 is 0 Å². The van der Waals surface area contributed by atoms with Gasteiger partial charge in [-0.15, -0.1) is 0 Å². The van der Waals surface area contributed by atoms with E-state index in [1.165, 1.54) is 0 Å². The molecule has 15 heavy (non-hydrogen) atoms. The lowest BCUT2D eigenvalue weighted by atomic mass is 9.94. The predicted octanol–water partition coefficient (Wildman–Crippen LogP) is 0.0376. The zero-order chi connectivity index (χ0) is 11.4. The number of nitrogens with one attached hydrogen (secondary N) is 1. The molecule has 0 aliphatic carbocycles. The number of hydrogen-bond donors (Lipinski definition) is 2. The van der Waals surface area contributed by atoms with Crippen molar-refractivity contribution in [1.82, 2.24) is 10.2 Å². The van der Waals surface area contributed by atoms with Crippen LogP contribution in [0.2, 0.25) is 0 Å². The van der Waals surface area contributed by atoms with Gasteiger partial charge in [0, 0.05) is 19.6 Å². The number of nitrogens with zero attached hydrogens (tertiary/aromatic N) is 1. The van der Waals surface area contributed by atoms with Crippen molar-refractivity contribution in [1.29, 1.82) is 0 Å². The molecule has 1 aliphatic heterocycles. The highest BCUT2D eigenvalue weighted by Gasteiger charge is 2.27. The van der Waals surface area contributed by atoms with Crippen LogP contribution in [0.1, 0.15) is 20.8 Å². The smallest absolute Gasteiger partial charge is 0.237 e. The van der Waals surface area contributed by atoms with Crippen LogP contribution in [0.4, 0.5) is 0 Å². The molecule has 2 unspecified atom stereocenters. The Labute approximate surface area is 92.2 Å². The van der Waals surface area contributed by atoms with E-state index in [-0.39, 0.29) is 11.9 Å². The van der Waals surface area contributed by atoms with E-state index in [4.69, 9.17) is 5.73 Å². The van der Waals surface area contributed by atoms with Crippen LogP contribution in [-0.2, 0) is 4.79 Å². The molecule has 0 aromatic carbocycles. The van der Waals surface area contributed by atoms with Crippen molar-refractivity contribution < 1.29 is 4.79 Å². The Hall–Kier alpha value is -0.610. The number of hydrogen-bond acceptors (Lipinski definition) is 3. The summed E-state index contributed by atoms with van der Waals surface area (Å²) in [4.78, 5) is 13.7. The molecule has 2 atom stereocenters. The summed E-state index contributed by atoms with van der Waals surface area (Å²) >= 11 is 0. The average molecular weight is 213 g/mol. The van der Waals surface area contributed by atoms with Crippen LogP contribution < -0.4 is 11.1 Å². The fourth-order valence-electron chi connectivity index (χ4n) is 1.94. The molecular formula is C11H23N3O. The third-order valence-electron chi connectivity index (χ3n) is 3.34. The topological polar surface area (TPSA) is 58.4 Å². The van der Waals surface area contributed by atoms with Crippen molar-refractivity contribution in [3.8, 4) is 0 Å². The maximum atomic E-state index is 11.5. The van der Waals surface area contributed by atoms with Gasteiger partial charge in [-0.2, -0.15) is 0 Å². The van der Waals surface area contributed by atoms with Crippen LogP contribution in [0.3, 0.4) is 0 Å². The van der Waals surface area contributed by atoms with E-state index in [1.807, 2.05) is 6.92 Å². The van der Waals surface area contributed by atoms with Crippen LogP contribution in [0.15, 0.2) is 0 Å². The van der Waals surface area contributed by atoms with Crippen LogP contribution >= 0.6 is 0 Å². The SMILES string of the molecule is CC(C)C(CN)CN1CCNC(=O)C1C. The summed E-state index contributed by atoms with van der Waals surface area (Å²) in [5.41, 5.74) is 5.74. The summed E-state index contributed by atoms with van der Waals surface area (Å²) in [6, 6.07) is -0.00782. The number of nitrogens with two attached hydrogens (primary N) is 1. The summed E-state index contributed by atoms with van der Waals surface area (Å²) in [6.45, 7) is 9.67. The standard InChI is InChI=1S/C11H23N3O/c1-8(2)10(6-12)7-14-5-4-13-11(15)9(14)3/h8-10H,4-7,12H2,1-3H3,(H,13,15). The van der Waals surface area contributed by atoms with E-state index in [2.05, 4.69) is 24.1 Å². The first-order chi connectivity index (χ1) is 7.06.